The molecule has 0 saturated carbocycles. The minimum atomic E-state index is -0.225. The molecule has 0 amide bonds. The second kappa shape index (κ2) is 5.94. The van der Waals surface area contributed by atoms with Crippen LogP contribution in [0.5, 0.6) is 5.75 Å². The molecule has 0 aliphatic carbocycles. The molecule has 0 saturated heterocycles. The van der Waals surface area contributed by atoms with Crippen LogP contribution in [0.1, 0.15) is 63.0 Å². The Balaban J connectivity index is 2.28. The predicted molar refractivity (Wildman–Crippen MR) is 103 cm³/mol. The van der Waals surface area contributed by atoms with Crippen molar-refractivity contribution < 1.29 is 9.90 Å². The van der Waals surface area contributed by atoms with Crippen molar-refractivity contribution in [2.24, 2.45) is 0 Å². The highest BCUT2D eigenvalue weighted by Crippen LogP contribution is 2.39. The van der Waals surface area contributed by atoms with Crippen LogP contribution < -0.4 is 0 Å². The van der Waals surface area contributed by atoms with E-state index in [9.17, 15) is 9.90 Å². The number of aromatic hydroxyl groups is 1. The maximum Gasteiger partial charge on any atom is 0.150 e. The summed E-state index contributed by atoms with van der Waals surface area (Å²) in [5, 5.41) is 19.9. The van der Waals surface area contributed by atoms with E-state index in [1.165, 1.54) is 4.80 Å². The van der Waals surface area contributed by atoms with Crippen molar-refractivity contribution in [2.45, 2.75) is 52.4 Å². The fraction of sp³-hybridized carbons (Fsp3) is 0.381. The Morgan fingerprint density at radius 3 is 2.15 bits per heavy atom. The summed E-state index contributed by atoms with van der Waals surface area (Å²) in [6.07, 6.45) is 0.786. The van der Waals surface area contributed by atoms with Crippen LogP contribution in [0.25, 0.3) is 16.7 Å². The van der Waals surface area contributed by atoms with E-state index in [0.29, 0.717) is 22.3 Å². The number of hydrogen-bond donors (Lipinski definition) is 1. The molecule has 0 bridgehead atoms. The van der Waals surface area contributed by atoms with Crippen LogP contribution in [-0.4, -0.2) is 26.4 Å². The maximum atomic E-state index is 11.0. The van der Waals surface area contributed by atoms with Gasteiger partial charge in [0.25, 0.3) is 0 Å². The maximum absolute atomic E-state index is 11.0. The number of fused-ring (bicyclic) bond motifs is 1. The Bertz CT molecular complexity index is 989. The van der Waals surface area contributed by atoms with E-state index in [1.807, 2.05) is 6.07 Å². The largest absolute Gasteiger partial charge is 0.505 e. The lowest BCUT2D eigenvalue weighted by Gasteiger charge is -2.27. The molecule has 0 unspecified atom stereocenters. The number of benzene rings is 2. The third-order valence-electron chi connectivity index (χ3n) is 4.52. The van der Waals surface area contributed by atoms with E-state index < -0.39 is 0 Å². The standard InChI is InChI=1S/C21H25N3O2/c1-20(2,3)14-10-15(21(4,5)6)19(26)18(11-14)24-22-16-8-7-13(12-25)9-17(16)23-24/h7-12,26H,1-6H3. The van der Waals surface area contributed by atoms with Crippen molar-refractivity contribution in [2.75, 3.05) is 0 Å². The third kappa shape index (κ3) is 3.21. The molecule has 26 heavy (non-hydrogen) atoms. The number of phenols is 1. The molecule has 0 aliphatic heterocycles. The highest BCUT2D eigenvalue weighted by atomic mass is 16.3. The first kappa shape index (κ1) is 18.1. The molecule has 0 aliphatic rings. The summed E-state index contributed by atoms with van der Waals surface area (Å²) in [6, 6.07) is 9.16. The van der Waals surface area contributed by atoms with Gasteiger partial charge in [0.05, 0.1) is 0 Å². The molecule has 2 aromatic carbocycles. The number of carbonyl (C=O) groups is 1. The van der Waals surface area contributed by atoms with Crippen LogP contribution in [0.15, 0.2) is 30.3 Å². The molecule has 5 nitrogen and oxygen atoms in total. The van der Waals surface area contributed by atoms with Gasteiger partial charge in [-0.25, -0.2) is 0 Å². The van der Waals surface area contributed by atoms with Crippen molar-refractivity contribution in [1.29, 1.82) is 0 Å². The van der Waals surface area contributed by atoms with Gasteiger partial charge in [0.15, 0.2) is 0 Å². The Morgan fingerprint density at radius 2 is 1.58 bits per heavy atom. The quantitative estimate of drug-likeness (QED) is 0.689. The van der Waals surface area contributed by atoms with Crippen LogP contribution in [-0.2, 0) is 10.8 Å². The number of nitrogens with zero attached hydrogens (tertiary/aromatic N) is 3. The Kier molecular flexibility index (Phi) is 4.14. The molecule has 1 aromatic heterocycles. The number of carbonyl (C=O) groups excluding carboxylic acids is 1. The van der Waals surface area contributed by atoms with Crippen LogP contribution in [0.2, 0.25) is 0 Å². The van der Waals surface area contributed by atoms with Crippen molar-refractivity contribution in [3.05, 3.63) is 47.0 Å². The first-order chi connectivity index (χ1) is 12.0. The Morgan fingerprint density at radius 1 is 0.923 bits per heavy atom. The van der Waals surface area contributed by atoms with E-state index in [0.717, 1.165) is 17.4 Å². The minimum Gasteiger partial charge on any atom is -0.505 e. The molecule has 1 heterocycles. The zero-order valence-corrected chi connectivity index (χ0v) is 16.2. The van der Waals surface area contributed by atoms with Gasteiger partial charge >= 0.3 is 0 Å². The summed E-state index contributed by atoms with van der Waals surface area (Å²) in [4.78, 5) is 12.5. The fourth-order valence-electron chi connectivity index (χ4n) is 2.89. The first-order valence-electron chi connectivity index (χ1n) is 8.71. The van der Waals surface area contributed by atoms with Gasteiger partial charge in [0.2, 0.25) is 0 Å². The lowest BCUT2D eigenvalue weighted by atomic mass is 9.80. The summed E-state index contributed by atoms with van der Waals surface area (Å²) in [7, 11) is 0. The normalized spacial score (nSPS) is 12.5. The van der Waals surface area contributed by atoms with Gasteiger partial charge in [-0.2, -0.15) is 0 Å². The molecule has 0 radical (unpaired) electrons. The highest BCUT2D eigenvalue weighted by molar-refractivity contribution is 5.84. The minimum absolute atomic E-state index is 0.0836. The van der Waals surface area contributed by atoms with Gasteiger partial charge in [-0.3, -0.25) is 4.79 Å². The van der Waals surface area contributed by atoms with E-state index >= 15 is 0 Å². The molecule has 0 atom stereocenters. The van der Waals surface area contributed by atoms with Crippen LogP contribution >= 0.6 is 0 Å². The Hall–Kier alpha value is -2.69. The summed E-state index contributed by atoms with van der Waals surface area (Å²) < 4.78 is 0. The molecule has 0 fully saturated rings. The molecular weight excluding hydrogens is 326 g/mol. The van der Waals surface area contributed by atoms with Gasteiger partial charge in [-0.1, -0.05) is 47.6 Å². The SMILES string of the molecule is CC(C)(C)c1cc(-n2nc3ccc(C=O)cc3n2)c(O)c(C(C)(C)C)c1. The molecule has 136 valence electrons. The number of rotatable bonds is 2. The summed E-state index contributed by atoms with van der Waals surface area (Å²) >= 11 is 0. The topological polar surface area (TPSA) is 68.0 Å². The summed E-state index contributed by atoms with van der Waals surface area (Å²) in [5.74, 6) is 0.182. The number of phenolic OH excluding ortho intramolecular Hbond substituents is 1. The fourth-order valence-corrected chi connectivity index (χ4v) is 2.89. The number of hydrogen-bond acceptors (Lipinski definition) is 4. The molecule has 5 heteroatoms. The lowest BCUT2D eigenvalue weighted by Crippen LogP contribution is -2.18. The smallest absolute Gasteiger partial charge is 0.150 e. The van der Waals surface area contributed by atoms with Crippen LogP contribution in [0.3, 0.4) is 0 Å². The predicted octanol–water partition coefficient (Wildman–Crippen LogP) is 4.53. The zero-order valence-electron chi connectivity index (χ0n) is 16.2. The van der Waals surface area contributed by atoms with E-state index in [4.69, 9.17) is 0 Å². The molecular formula is C21H25N3O2. The van der Waals surface area contributed by atoms with Crippen molar-refractivity contribution >= 4 is 17.3 Å². The highest BCUT2D eigenvalue weighted by Gasteiger charge is 2.26. The van der Waals surface area contributed by atoms with E-state index in [1.54, 1.807) is 18.2 Å². The van der Waals surface area contributed by atoms with Gasteiger partial charge in [-0.15, -0.1) is 15.0 Å². The van der Waals surface area contributed by atoms with Crippen molar-refractivity contribution in [3.8, 4) is 11.4 Å². The van der Waals surface area contributed by atoms with Gasteiger partial charge in [-0.05, 0) is 40.7 Å². The van der Waals surface area contributed by atoms with Gasteiger partial charge in [0.1, 0.15) is 28.8 Å². The summed E-state index contributed by atoms with van der Waals surface area (Å²) in [6.45, 7) is 12.6. The second-order valence-electron chi connectivity index (χ2n) is 8.75. The van der Waals surface area contributed by atoms with Crippen molar-refractivity contribution in [3.63, 3.8) is 0 Å². The molecule has 1 N–H and O–H groups in total. The molecule has 0 spiro atoms. The average Bonchev–Trinajstić information content (AvgIpc) is 2.95. The average molecular weight is 351 g/mol. The monoisotopic (exact) mass is 351 g/mol. The van der Waals surface area contributed by atoms with E-state index in [-0.39, 0.29) is 16.6 Å². The number of aldehydes is 1. The van der Waals surface area contributed by atoms with Crippen LogP contribution in [0.4, 0.5) is 0 Å². The third-order valence-corrected chi connectivity index (χ3v) is 4.52. The van der Waals surface area contributed by atoms with Gasteiger partial charge in [0, 0.05) is 11.1 Å². The van der Waals surface area contributed by atoms with Crippen molar-refractivity contribution in [1.82, 2.24) is 15.0 Å². The number of aromatic nitrogens is 3. The second-order valence-corrected chi connectivity index (χ2v) is 8.75. The van der Waals surface area contributed by atoms with E-state index in [2.05, 4.69) is 57.8 Å². The zero-order chi connectivity index (χ0) is 19.3. The molecule has 3 aromatic rings. The van der Waals surface area contributed by atoms with Crippen LogP contribution in [0, 0.1) is 0 Å². The Labute approximate surface area is 153 Å². The lowest BCUT2D eigenvalue weighted by molar-refractivity contribution is 0.112. The molecule has 3 rings (SSSR count). The first-order valence-corrected chi connectivity index (χ1v) is 8.71. The van der Waals surface area contributed by atoms with Gasteiger partial charge < -0.3 is 5.11 Å². The summed E-state index contributed by atoms with van der Waals surface area (Å²) in [5.41, 5.74) is 4.04.